The lowest BCUT2D eigenvalue weighted by Crippen LogP contribution is -2.30. The van der Waals surface area contributed by atoms with Crippen molar-refractivity contribution in [2.75, 3.05) is 20.2 Å². The predicted octanol–water partition coefficient (Wildman–Crippen LogP) is 2.21. The van der Waals surface area contributed by atoms with Crippen molar-refractivity contribution in [2.24, 2.45) is 13.0 Å². The normalized spacial score (nSPS) is 20.2. The number of benzene rings is 1. The zero-order valence-corrected chi connectivity index (χ0v) is 15.1. The molecule has 1 aliphatic heterocycles. The number of aryl methyl sites for hydroxylation is 1. The van der Waals surface area contributed by atoms with Crippen LogP contribution in [0.4, 0.5) is 0 Å². The van der Waals surface area contributed by atoms with Gasteiger partial charge in [0, 0.05) is 36.7 Å². The van der Waals surface area contributed by atoms with E-state index >= 15 is 0 Å². The van der Waals surface area contributed by atoms with E-state index in [1.54, 1.807) is 28.9 Å². The van der Waals surface area contributed by atoms with Gasteiger partial charge in [0.15, 0.2) is 0 Å². The standard InChI is InChI=1S/C17H18BrN3O3/c1-20-8-7-15(19-20)16(22)21-9-13(14(10-21)17(23)24-2)11-3-5-12(18)6-4-11/h3-8,13-14H,9-10H2,1-2H3/t13-,14+/m0/s1. The number of rotatable bonds is 3. The fourth-order valence-electron chi connectivity index (χ4n) is 3.10. The molecule has 0 bridgehead atoms. The first-order valence-electron chi connectivity index (χ1n) is 7.62. The fraction of sp³-hybridized carbons (Fsp3) is 0.353. The Balaban J connectivity index is 1.86. The number of hydrogen-bond acceptors (Lipinski definition) is 4. The molecule has 1 saturated heterocycles. The maximum atomic E-state index is 12.6. The first-order valence-corrected chi connectivity index (χ1v) is 8.41. The molecule has 126 valence electrons. The fourth-order valence-corrected chi connectivity index (χ4v) is 3.36. The number of methoxy groups -OCH3 is 1. The molecule has 0 radical (unpaired) electrons. The molecule has 3 rings (SSSR count). The SMILES string of the molecule is COC(=O)[C@@H]1CN(C(=O)c2ccn(C)n2)C[C@H]1c1ccc(Br)cc1. The minimum atomic E-state index is -0.371. The predicted molar refractivity (Wildman–Crippen MR) is 91.5 cm³/mol. The van der Waals surface area contributed by atoms with Crippen LogP contribution in [0.15, 0.2) is 41.0 Å². The summed E-state index contributed by atoms with van der Waals surface area (Å²) in [5.74, 6) is -0.912. The number of nitrogens with zero attached hydrogens (tertiary/aromatic N) is 3. The van der Waals surface area contributed by atoms with Crippen LogP contribution in [-0.2, 0) is 16.6 Å². The van der Waals surface area contributed by atoms with Crippen molar-refractivity contribution < 1.29 is 14.3 Å². The summed E-state index contributed by atoms with van der Waals surface area (Å²) in [5.41, 5.74) is 1.41. The van der Waals surface area contributed by atoms with E-state index in [9.17, 15) is 9.59 Å². The molecule has 1 aromatic heterocycles. The van der Waals surface area contributed by atoms with E-state index in [1.165, 1.54) is 7.11 Å². The third kappa shape index (κ3) is 3.21. The van der Waals surface area contributed by atoms with Crippen LogP contribution in [0, 0.1) is 5.92 Å². The van der Waals surface area contributed by atoms with Crippen LogP contribution in [0.1, 0.15) is 22.0 Å². The second-order valence-corrected chi connectivity index (χ2v) is 6.79. The van der Waals surface area contributed by atoms with Gasteiger partial charge in [-0.15, -0.1) is 0 Å². The number of halogens is 1. The van der Waals surface area contributed by atoms with E-state index in [4.69, 9.17) is 4.74 Å². The number of carbonyl (C=O) groups excluding carboxylic acids is 2. The van der Waals surface area contributed by atoms with Crippen molar-refractivity contribution in [3.05, 3.63) is 52.3 Å². The van der Waals surface area contributed by atoms with Crippen molar-refractivity contribution >= 4 is 27.8 Å². The Bertz CT molecular complexity index is 757. The molecule has 0 unspecified atom stereocenters. The summed E-state index contributed by atoms with van der Waals surface area (Å²) in [5, 5.41) is 4.16. The van der Waals surface area contributed by atoms with Crippen LogP contribution in [-0.4, -0.2) is 46.8 Å². The highest BCUT2D eigenvalue weighted by atomic mass is 79.9. The molecule has 2 heterocycles. The van der Waals surface area contributed by atoms with Gasteiger partial charge in [0.05, 0.1) is 13.0 Å². The van der Waals surface area contributed by atoms with Gasteiger partial charge in [0.1, 0.15) is 5.69 Å². The summed E-state index contributed by atoms with van der Waals surface area (Å²) in [6.45, 7) is 0.805. The minimum absolute atomic E-state index is 0.0850. The molecule has 2 aromatic rings. The summed E-state index contributed by atoms with van der Waals surface area (Å²) < 4.78 is 7.50. The highest BCUT2D eigenvalue weighted by Gasteiger charge is 2.41. The number of amides is 1. The molecule has 1 amide bonds. The van der Waals surface area contributed by atoms with Crippen LogP contribution in [0.3, 0.4) is 0 Å². The molecule has 0 N–H and O–H groups in total. The van der Waals surface area contributed by atoms with Gasteiger partial charge in [-0.2, -0.15) is 5.10 Å². The van der Waals surface area contributed by atoms with Crippen molar-refractivity contribution in [1.29, 1.82) is 0 Å². The Kier molecular flexibility index (Phi) is 4.71. The van der Waals surface area contributed by atoms with Crippen LogP contribution >= 0.6 is 15.9 Å². The lowest BCUT2D eigenvalue weighted by atomic mass is 9.89. The van der Waals surface area contributed by atoms with E-state index in [2.05, 4.69) is 21.0 Å². The second kappa shape index (κ2) is 6.76. The van der Waals surface area contributed by atoms with Crippen LogP contribution in [0.2, 0.25) is 0 Å². The molecule has 2 atom stereocenters. The topological polar surface area (TPSA) is 64.4 Å². The number of aromatic nitrogens is 2. The van der Waals surface area contributed by atoms with Crippen LogP contribution < -0.4 is 0 Å². The third-order valence-electron chi connectivity index (χ3n) is 4.34. The molecule has 24 heavy (non-hydrogen) atoms. The molecule has 0 saturated carbocycles. The monoisotopic (exact) mass is 391 g/mol. The molecular formula is C17H18BrN3O3. The molecular weight excluding hydrogens is 374 g/mol. The maximum absolute atomic E-state index is 12.6. The summed E-state index contributed by atoms with van der Waals surface area (Å²) in [6.07, 6.45) is 1.73. The molecule has 6 nitrogen and oxygen atoms in total. The van der Waals surface area contributed by atoms with Gasteiger partial charge >= 0.3 is 5.97 Å². The van der Waals surface area contributed by atoms with Crippen molar-refractivity contribution in [3.8, 4) is 0 Å². The molecule has 7 heteroatoms. The Labute approximate surface area is 148 Å². The van der Waals surface area contributed by atoms with Gasteiger partial charge in [-0.1, -0.05) is 28.1 Å². The number of hydrogen-bond donors (Lipinski definition) is 0. The number of ether oxygens (including phenoxy) is 1. The zero-order valence-electron chi connectivity index (χ0n) is 13.5. The van der Waals surface area contributed by atoms with E-state index in [0.717, 1.165) is 10.0 Å². The Morgan fingerprint density at radius 3 is 2.50 bits per heavy atom. The molecule has 1 aromatic carbocycles. The molecule has 1 aliphatic rings. The number of carbonyl (C=O) groups is 2. The van der Waals surface area contributed by atoms with E-state index in [-0.39, 0.29) is 23.7 Å². The highest BCUT2D eigenvalue weighted by molar-refractivity contribution is 9.10. The first kappa shape index (κ1) is 16.7. The molecule has 0 spiro atoms. The van der Waals surface area contributed by atoms with Crippen LogP contribution in [0.5, 0.6) is 0 Å². The quantitative estimate of drug-likeness (QED) is 0.752. The lowest BCUT2D eigenvalue weighted by molar-refractivity contribution is -0.145. The number of likely N-dealkylation sites (tertiary alicyclic amines) is 1. The molecule has 0 aliphatic carbocycles. The van der Waals surface area contributed by atoms with Gasteiger partial charge < -0.3 is 9.64 Å². The van der Waals surface area contributed by atoms with Gasteiger partial charge in [-0.25, -0.2) is 0 Å². The van der Waals surface area contributed by atoms with Gasteiger partial charge in [-0.05, 0) is 23.8 Å². The van der Waals surface area contributed by atoms with Gasteiger partial charge in [-0.3, -0.25) is 14.3 Å². The summed E-state index contributed by atoms with van der Waals surface area (Å²) >= 11 is 3.41. The van der Waals surface area contributed by atoms with E-state index in [1.807, 2.05) is 24.3 Å². The summed E-state index contributed by atoms with van der Waals surface area (Å²) in [7, 11) is 3.15. The third-order valence-corrected chi connectivity index (χ3v) is 4.87. The van der Waals surface area contributed by atoms with Crippen molar-refractivity contribution in [1.82, 2.24) is 14.7 Å². The van der Waals surface area contributed by atoms with E-state index in [0.29, 0.717) is 18.8 Å². The Morgan fingerprint density at radius 2 is 1.92 bits per heavy atom. The van der Waals surface area contributed by atoms with Crippen molar-refractivity contribution in [2.45, 2.75) is 5.92 Å². The van der Waals surface area contributed by atoms with Crippen LogP contribution in [0.25, 0.3) is 0 Å². The molecule has 1 fully saturated rings. The Morgan fingerprint density at radius 1 is 1.21 bits per heavy atom. The largest absolute Gasteiger partial charge is 0.469 e. The smallest absolute Gasteiger partial charge is 0.311 e. The second-order valence-electron chi connectivity index (χ2n) is 5.87. The summed E-state index contributed by atoms with van der Waals surface area (Å²) in [4.78, 5) is 26.5. The highest BCUT2D eigenvalue weighted by Crippen LogP contribution is 2.34. The average Bonchev–Trinajstić information content (AvgIpc) is 3.21. The van der Waals surface area contributed by atoms with E-state index < -0.39 is 0 Å². The van der Waals surface area contributed by atoms with Gasteiger partial charge in [0.25, 0.3) is 5.91 Å². The van der Waals surface area contributed by atoms with Gasteiger partial charge in [0.2, 0.25) is 0 Å². The van der Waals surface area contributed by atoms with Crippen molar-refractivity contribution in [3.63, 3.8) is 0 Å². The zero-order chi connectivity index (χ0) is 17.3. The maximum Gasteiger partial charge on any atom is 0.311 e. The Hall–Kier alpha value is -2.15. The average molecular weight is 392 g/mol. The number of esters is 1. The lowest BCUT2D eigenvalue weighted by Gasteiger charge is -2.16. The first-order chi connectivity index (χ1) is 11.5. The minimum Gasteiger partial charge on any atom is -0.469 e. The summed E-state index contributed by atoms with van der Waals surface area (Å²) in [6, 6.07) is 9.50.